The summed E-state index contributed by atoms with van der Waals surface area (Å²) in [6, 6.07) is 10.6. The van der Waals surface area contributed by atoms with Gasteiger partial charge in [0.15, 0.2) is 6.20 Å². The minimum Gasteiger partial charge on any atom is -0.339 e. The number of amides is 2. The molecule has 120 valence electrons. The van der Waals surface area contributed by atoms with Gasteiger partial charge in [-0.25, -0.2) is 0 Å². The molecule has 0 atom stereocenters. The van der Waals surface area contributed by atoms with E-state index in [-0.39, 0.29) is 11.8 Å². The van der Waals surface area contributed by atoms with Gasteiger partial charge in [0.05, 0.1) is 0 Å². The van der Waals surface area contributed by atoms with Crippen molar-refractivity contribution in [2.75, 3.05) is 18.5 Å². The van der Waals surface area contributed by atoms with Crippen molar-refractivity contribution in [1.29, 1.82) is 0 Å². The molecule has 0 aliphatic rings. The van der Waals surface area contributed by atoms with Gasteiger partial charge in [0.1, 0.15) is 5.56 Å². The summed E-state index contributed by atoms with van der Waals surface area (Å²) in [6.45, 7) is 5.17. The monoisotopic (exact) mass is 376 g/mol. The second-order valence-corrected chi connectivity index (χ2v) is 5.84. The van der Waals surface area contributed by atoms with Crippen LogP contribution < -0.4 is 10.1 Å². The van der Waals surface area contributed by atoms with E-state index in [9.17, 15) is 9.59 Å². The molecule has 1 aromatic heterocycles. The Hall–Kier alpha value is -2.21. The number of pyridine rings is 1. The van der Waals surface area contributed by atoms with E-state index >= 15 is 0 Å². The maximum absolute atomic E-state index is 12.4. The number of nitrogens with zero attached hydrogens (tertiary/aromatic N) is 2. The maximum Gasteiger partial charge on any atom is 0.305 e. The van der Waals surface area contributed by atoms with Crippen molar-refractivity contribution in [2.24, 2.45) is 0 Å². The van der Waals surface area contributed by atoms with Crippen molar-refractivity contribution in [3.8, 4) is 0 Å². The highest BCUT2D eigenvalue weighted by molar-refractivity contribution is 9.10. The number of carbonyl (C=O) groups excluding carboxylic acids is 2. The SMILES string of the molecule is CCN(CC)C(=O)c1ccc[n+](NC(=O)c2cccc(Br)c2)c1. The van der Waals surface area contributed by atoms with Crippen molar-refractivity contribution in [1.82, 2.24) is 4.90 Å². The molecule has 2 aromatic rings. The molecule has 0 saturated carbocycles. The van der Waals surface area contributed by atoms with Crippen LogP contribution in [0.3, 0.4) is 0 Å². The largest absolute Gasteiger partial charge is 0.339 e. The Morgan fingerprint density at radius 3 is 2.48 bits per heavy atom. The van der Waals surface area contributed by atoms with Crippen molar-refractivity contribution < 1.29 is 14.3 Å². The predicted molar refractivity (Wildman–Crippen MR) is 91.7 cm³/mol. The van der Waals surface area contributed by atoms with Gasteiger partial charge >= 0.3 is 5.91 Å². The molecule has 0 unspecified atom stereocenters. The van der Waals surface area contributed by atoms with Gasteiger partial charge in [-0.2, -0.15) is 0 Å². The molecule has 1 aromatic carbocycles. The van der Waals surface area contributed by atoms with Gasteiger partial charge in [0.25, 0.3) is 5.91 Å². The fourth-order valence-corrected chi connectivity index (χ4v) is 2.58. The molecular formula is C17H19BrN3O2+. The predicted octanol–water partition coefficient (Wildman–Crippen LogP) is 2.60. The molecule has 0 aliphatic heterocycles. The average molecular weight is 377 g/mol. The topological polar surface area (TPSA) is 53.3 Å². The number of hydrogen-bond donors (Lipinski definition) is 1. The first-order valence-corrected chi connectivity index (χ1v) is 8.22. The van der Waals surface area contributed by atoms with Gasteiger partial charge in [0.2, 0.25) is 6.20 Å². The van der Waals surface area contributed by atoms with E-state index in [4.69, 9.17) is 0 Å². The number of rotatable bonds is 5. The number of benzene rings is 1. The van der Waals surface area contributed by atoms with Gasteiger partial charge in [-0.1, -0.05) is 26.7 Å². The van der Waals surface area contributed by atoms with Crippen LogP contribution in [0.25, 0.3) is 0 Å². The maximum atomic E-state index is 12.4. The summed E-state index contributed by atoms with van der Waals surface area (Å²) in [5, 5.41) is 0. The molecule has 0 radical (unpaired) electrons. The summed E-state index contributed by atoms with van der Waals surface area (Å²) < 4.78 is 2.33. The molecule has 5 nitrogen and oxygen atoms in total. The first-order chi connectivity index (χ1) is 11.0. The molecule has 0 spiro atoms. The highest BCUT2D eigenvalue weighted by Crippen LogP contribution is 2.11. The van der Waals surface area contributed by atoms with Gasteiger partial charge in [0, 0.05) is 29.2 Å². The molecule has 0 bridgehead atoms. The summed E-state index contributed by atoms with van der Waals surface area (Å²) in [7, 11) is 0. The third-order valence-corrected chi connectivity index (χ3v) is 3.91. The first kappa shape index (κ1) is 17.1. The molecule has 2 rings (SSSR count). The zero-order valence-corrected chi connectivity index (χ0v) is 14.7. The van der Waals surface area contributed by atoms with E-state index in [2.05, 4.69) is 21.4 Å². The molecule has 0 saturated heterocycles. The van der Waals surface area contributed by atoms with Crippen molar-refractivity contribution in [2.45, 2.75) is 13.8 Å². The summed E-state index contributed by atoms with van der Waals surface area (Å²) in [4.78, 5) is 26.3. The Kier molecular flexibility index (Phi) is 5.87. The quantitative estimate of drug-likeness (QED) is 0.815. The fourth-order valence-electron chi connectivity index (χ4n) is 2.18. The summed E-state index contributed by atoms with van der Waals surface area (Å²) in [5.41, 5.74) is 3.81. The van der Waals surface area contributed by atoms with Gasteiger partial charge in [-0.3, -0.25) is 9.59 Å². The van der Waals surface area contributed by atoms with E-state index in [0.29, 0.717) is 24.2 Å². The second kappa shape index (κ2) is 7.87. The average Bonchev–Trinajstić information content (AvgIpc) is 2.56. The van der Waals surface area contributed by atoms with Crippen LogP contribution in [0.15, 0.2) is 53.3 Å². The van der Waals surface area contributed by atoms with E-state index in [1.807, 2.05) is 19.9 Å². The minimum absolute atomic E-state index is 0.0546. The Morgan fingerprint density at radius 1 is 1.13 bits per heavy atom. The van der Waals surface area contributed by atoms with Gasteiger partial charge < -0.3 is 4.90 Å². The lowest BCUT2D eigenvalue weighted by atomic mass is 10.2. The molecule has 6 heteroatoms. The van der Waals surface area contributed by atoms with E-state index in [0.717, 1.165) is 4.47 Å². The zero-order valence-electron chi connectivity index (χ0n) is 13.1. The smallest absolute Gasteiger partial charge is 0.305 e. The molecule has 23 heavy (non-hydrogen) atoms. The summed E-state index contributed by atoms with van der Waals surface area (Å²) >= 11 is 3.34. The van der Waals surface area contributed by atoms with Crippen molar-refractivity contribution in [3.05, 3.63) is 64.4 Å². The second-order valence-electron chi connectivity index (χ2n) is 4.93. The molecule has 2 amide bonds. The normalized spacial score (nSPS) is 10.2. The van der Waals surface area contributed by atoms with E-state index < -0.39 is 0 Å². The summed E-state index contributed by atoms with van der Waals surface area (Å²) in [5.74, 6) is -0.301. The molecule has 0 aliphatic carbocycles. The van der Waals surface area contributed by atoms with Crippen LogP contribution in [-0.2, 0) is 0 Å². The van der Waals surface area contributed by atoms with Crippen LogP contribution in [0.5, 0.6) is 0 Å². The molecular weight excluding hydrogens is 358 g/mol. The number of carbonyl (C=O) groups is 2. The number of hydrogen-bond acceptors (Lipinski definition) is 2. The lowest BCUT2D eigenvalue weighted by Crippen LogP contribution is -2.48. The fraction of sp³-hybridized carbons (Fsp3) is 0.235. The number of nitrogens with one attached hydrogen (secondary N) is 1. The molecule has 0 fully saturated rings. The van der Waals surface area contributed by atoms with Crippen LogP contribution in [0.4, 0.5) is 0 Å². The Labute approximate surface area is 144 Å². The first-order valence-electron chi connectivity index (χ1n) is 7.42. The lowest BCUT2D eigenvalue weighted by molar-refractivity contribution is -0.641. The van der Waals surface area contributed by atoms with Crippen LogP contribution >= 0.6 is 15.9 Å². The van der Waals surface area contributed by atoms with Crippen molar-refractivity contribution in [3.63, 3.8) is 0 Å². The van der Waals surface area contributed by atoms with E-state index in [1.54, 1.807) is 47.6 Å². The molecule has 1 heterocycles. The lowest BCUT2D eigenvalue weighted by Gasteiger charge is -2.17. The minimum atomic E-state index is -0.247. The molecule has 1 N–H and O–H groups in total. The standard InChI is InChI=1S/C17H18BrN3O2/c1-3-20(4-2)17(23)14-8-6-10-21(12-14)19-16(22)13-7-5-9-15(18)11-13/h5-12H,3-4H2,1-2H3/p+1. The van der Waals surface area contributed by atoms with Crippen molar-refractivity contribution >= 4 is 27.7 Å². The number of halogens is 1. The van der Waals surface area contributed by atoms with Crippen LogP contribution in [0.2, 0.25) is 0 Å². The van der Waals surface area contributed by atoms with E-state index in [1.165, 1.54) is 4.68 Å². The van der Waals surface area contributed by atoms with Crippen LogP contribution in [-0.4, -0.2) is 29.8 Å². The number of aromatic nitrogens is 1. The Bertz CT molecular complexity index is 714. The third kappa shape index (κ3) is 4.39. The zero-order chi connectivity index (χ0) is 16.8. The Morgan fingerprint density at radius 2 is 1.83 bits per heavy atom. The van der Waals surface area contributed by atoms with Crippen LogP contribution in [0, 0.1) is 0 Å². The Balaban J connectivity index is 2.17. The highest BCUT2D eigenvalue weighted by Gasteiger charge is 2.17. The third-order valence-electron chi connectivity index (χ3n) is 3.42. The summed E-state index contributed by atoms with van der Waals surface area (Å²) in [6.07, 6.45) is 3.31. The highest BCUT2D eigenvalue weighted by atomic mass is 79.9. The van der Waals surface area contributed by atoms with Gasteiger partial charge in [-0.15, -0.1) is 5.43 Å². The van der Waals surface area contributed by atoms with Crippen LogP contribution in [0.1, 0.15) is 34.6 Å². The van der Waals surface area contributed by atoms with Gasteiger partial charge in [-0.05, 0) is 38.1 Å².